The van der Waals surface area contributed by atoms with E-state index in [0.29, 0.717) is 46.8 Å². The van der Waals surface area contributed by atoms with Crippen LogP contribution < -0.4 is 25.4 Å². The van der Waals surface area contributed by atoms with Gasteiger partial charge in [0.1, 0.15) is 30.0 Å². The number of aryl methyl sites for hydroxylation is 2. The van der Waals surface area contributed by atoms with Crippen molar-refractivity contribution in [1.29, 1.82) is 0 Å². The molecule has 1 amide bonds. The Bertz CT molecular complexity index is 1660. The van der Waals surface area contributed by atoms with Crippen LogP contribution in [0.1, 0.15) is 31.2 Å². The zero-order valence-corrected chi connectivity index (χ0v) is 23.8. The van der Waals surface area contributed by atoms with Crippen molar-refractivity contribution in [3.8, 4) is 11.5 Å². The molecule has 0 radical (unpaired) electrons. The largest absolute Gasteiger partial charge is 0.492 e. The third kappa shape index (κ3) is 6.78. The van der Waals surface area contributed by atoms with Crippen molar-refractivity contribution in [2.45, 2.75) is 32.7 Å². The van der Waals surface area contributed by atoms with Gasteiger partial charge in [-0.05, 0) is 69.8 Å². The zero-order chi connectivity index (χ0) is 29.5. The van der Waals surface area contributed by atoms with E-state index < -0.39 is 0 Å². The number of hydrogen-bond acceptors (Lipinski definition) is 10. The summed E-state index contributed by atoms with van der Waals surface area (Å²) >= 11 is 0. The van der Waals surface area contributed by atoms with Gasteiger partial charge in [0, 0.05) is 42.4 Å². The van der Waals surface area contributed by atoms with E-state index in [4.69, 9.17) is 9.47 Å². The summed E-state index contributed by atoms with van der Waals surface area (Å²) in [5.74, 6) is 2.38. The van der Waals surface area contributed by atoms with Crippen LogP contribution in [0.5, 0.6) is 11.5 Å². The molecule has 0 bridgehead atoms. The number of aromatic nitrogens is 5. The van der Waals surface area contributed by atoms with Crippen LogP contribution in [0.25, 0.3) is 17.0 Å². The molecule has 42 heavy (non-hydrogen) atoms. The number of anilines is 3. The fraction of sp³-hybridized carbons (Fsp3) is 0.267. The maximum Gasteiger partial charge on any atom is 0.248 e. The molecule has 3 N–H and O–H groups in total. The number of hydrogen-bond donors (Lipinski definition) is 3. The average Bonchev–Trinajstić information content (AvgIpc) is 3.65. The average molecular weight is 568 g/mol. The fourth-order valence-corrected chi connectivity index (χ4v) is 4.54. The monoisotopic (exact) mass is 567 g/mol. The standard InChI is InChI=1S/C30H33N9O3/c1-5-41-26-15-23-22(14-24(26)37-28(40)11-9-20-7-6-12-32-20)30(34-17-33-23)36-21-8-10-25(19(2)13-21)42-29(31-3)16-27-38-35-18-39(27)4/h8-11,13-18,20,32H,3,5-7,12H2,1-2,4H3,(H,37,40)(H,33,34,36)/b11-9+,29-16+/t20-/m1/s1. The predicted molar refractivity (Wildman–Crippen MR) is 163 cm³/mol. The lowest BCUT2D eigenvalue weighted by Gasteiger charge is -2.15. The lowest BCUT2D eigenvalue weighted by Crippen LogP contribution is -2.19. The second kappa shape index (κ2) is 13.0. The molecular formula is C30H33N9O3. The molecule has 1 saturated heterocycles. The number of fused-ring (bicyclic) bond motifs is 1. The number of carbonyl (C=O) groups is 1. The van der Waals surface area contributed by atoms with Gasteiger partial charge in [-0.3, -0.25) is 4.79 Å². The summed E-state index contributed by atoms with van der Waals surface area (Å²) in [6, 6.07) is 9.49. The Morgan fingerprint density at radius 3 is 2.86 bits per heavy atom. The Morgan fingerprint density at radius 1 is 1.26 bits per heavy atom. The van der Waals surface area contributed by atoms with E-state index in [1.165, 1.54) is 6.33 Å². The topological polar surface area (TPSA) is 140 Å². The molecule has 0 saturated carbocycles. The molecule has 0 aliphatic carbocycles. The predicted octanol–water partition coefficient (Wildman–Crippen LogP) is 4.53. The van der Waals surface area contributed by atoms with Crippen LogP contribution in [-0.2, 0) is 11.8 Å². The number of benzene rings is 2. The quantitative estimate of drug-likeness (QED) is 0.135. The van der Waals surface area contributed by atoms with Crippen LogP contribution >= 0.6 is 0 Å². The number of carbonyl (C=O) groups excluding carboxylic acids is 1. The van der Waals surface area contributed by atoms with Gasteiger partial charge in [0.15, 0.2) is 5.82 Å². The van der Waals surface area contributed by atoms with Crippen molar-refractivity contribution in [3.63, 3.8) is 0 Å². The summed E-state index contributed by atoms with van der Waals surface area (Å²) in [4.78, 5) is 25.6. The summed E-state index contributed by atoms with van der Waals surface area (Å²) in [6.07, 6.45) is 10.3. The lowest BCUT2D eigenvalue weighted by molar-refractivity contribution is -0.111. The molecule has 1 aliphatic rings. The Labute approximate surface area is 243 Å². The Kier molecular flexibility index (Phi) is 8.83. The summed E-state index contributed by atoms with van der Waals surface area (Å²) in [5, 5.41) is 18.3. The van der Waals surface area contributed by atoms with Crippen LogP contribution in [0.15, 0.2) is 66.0 Å². The molecule has 12 heteroatoms. The minimum absolute atomic E-state index is 0.219. The summed E-state index contributed by atoms with van der Waals surface area (Å²) < 4.78 is 13.5. The summed E-state index contributed by atoms with van der Waals surface area (Å²) in [6.45, 7) is 8.83. The van der Waals surface area contributed by atoms with Gasteiger partial charge in [0.2, 0.25) is 11.8 Å². The minimum atomic E-state index is -0.233. The molecule has 2 aromatic carbocycles. The van der Waals surface area contributed by atoms with Crippen LogP contribution in [0, 0.1) is 6.92 Å². The summed E-state index contributed by atoms with van der Waals surface area (Å²) in [7, 11) is 1.83. The van der Waals surface area contributed by atoms with Gasteiger partial charge in [-0.2, -0.15) is 0 Å². The first kappa shape index (κ1) is 28.4. The first-order chi connectivity index (χ1) is 20.4. The van der Waals surface area contributed by atoms with Gasteiger partial charge < -0.3 is 30.0 Å². The van der Waals surface area contributed by atoms with Crippen LogP contribution in [-0.4, -0.2) is 56.6 Å². The maximum atomic E-state index is 12.7. The number of aliphatic imine (C=N–C) groups is 1. The van der Waals surface area contributed by atoms with Crippen molar-refractivity contribution >= 4 is 46.8 Å². The number of rotatable bonds is 11. The van der Waals surface area contributed by atoms with Crippen LogP contribution in [0.3, 0.4) is 0 Å². The van der Waals surface area contributed by atoms with Gasteiger partial charge >= 0.3 is 0 Å². The van der Waals surface area contributed by atoms with Gasteiger partial charge in [-0.25, -0.2) is 15.0 Å². The molecule has 12 nitrogen and oxygen atoms in total. The Hall–Kier alpha value is -5.10. The highest BCUT2D eigenvalue weighted by Gasteiger charge is 2.15. The number of nitrogens with zero attached hydrogens (tertiary/aromatic N) is 6. The van der Waals surface area contributed by atoms with Crippen molar-refractivity contribution in [2.24, 2.45) is 12.0 Å². The smallest absolute Gasteiger partial charge is 0.248 e. The third-order valence-electron chi connectivity index (χ3n) is 6.68. The van der Waals surface area contributed by atoms with Crippen molar-refractivity contribution in [1.82, 2.24) is 30.0 Å². The molecule has 4 aromatic rings. The highest BCUT2D eigenvalue weighted by molar-refractivity contribution is 6.03. The van der Waals surface area contributed by atoms with Gasteiger partial charge in [0.05, 0.1) is 17.8 Å². The van der Waals surface area contributed by atoms with E-state index in [9.17, 15) is 4.79 Å². The molecule has 1 atom stereocenters. The molecule has 0 spiro atoms. The Balaban J connectivity index is 1.37. The molecule has 1 aliphatic heterocycles. The van der Waals surface area contributed by atoms with Gasteiger partial charge in [-0.1, -0.05) is 6.08 Å². The zero-order valence-electron chi connectivity index (χ0n) is 23.8. The van der Waals surface area contributed by atoms with Crippen LogP contribution in [0.4, 0.5) is 17.2 Å². The normalized spacial score (nSPS) is 15.2. The first-order valence-electron chi connectivity index (χ1n) is 13.7. The Morgan fingerprint density at radius 2 is 2.14 bits per heavy atom. The van der Waals surface area contributed by atoms with Crippen molar-refractivity contribution in [2.75, 3.05) is 23.8 Å². The molecule has 3 heterocycles. The molecule has 216 valence electrons. The second-order valence-corrected chi connectivity index (χ2v) is 9.72. The molecule has 5 rings (SSSR count). The molecule has 2 aromatic heterocycles. The second-order valence-electron chi connectivity index (χ2n) is 9.72. The van der Waals surface area contributed by atoms with E-state index in [2.05, 4.69) is 47.8 Å². The van der Waals surface area contributed by atoms with E-state index >= 15 is 0 Å². The molecular weight excluding hydrogens is 534 g/mol. The fourth-order valence-electron chi connectivity index (χ4n) is 4.54. The van der Waals surface area contributed by atoms with Gasteiger partial charge in [0.25, 0.3) is 0 Å². The van der Waals surface area contributed by atoms with Crippen molar-refractivity contribution < 1.29 is 14.3 Å². The van der Waals surface area contributed by atoms with Crippen molar-refractivity contribution in [3.05, 3.63) is 72.4 Å². The number of ether oxygens (including phenoxy) is 2. The van der Waals surface area contributed by atoms with Crippen LogP contribution in [0.2, 0.25) is 0 Å². The number of nitrogens with one attached hydrogen (secondary N) is 3. The SMILES string of the molecule is C=N/C(=C\c1nncn1C)Oc1ccc(Nc2ncnc3cc(OCC)c(NC(=O)/C=C/[C@H]4CCCN4)cc23)cc1C. The van der Waals surface area contributed by atoms with E-state index in [0.717, 1.165) is 36.0 Å². The van der Waals surface area contributed by atoms with E-state index in [1.54, 1.807) is 29.1 Å². The summed E-state index contributed by atoms with van der Waals surface area (Å²) in [5.41, 5.74) is 2.86. The highest BCUT2D eigenvalue weighted by atomic mass is 16.5. The lowest BCUT2D eigenvalue weighted by atomic mass is 10.1. The maximum absolute atomic E-state index is 12.7. The third-order valence-corrected chi connectivity index (χ3v) is 6.68. The van der Waals surface area contributed by atoms with Gasteiger partial charge in [-0.15, -0.1) is 10.2 Å². The number of amides is 1. The van der Waals surface area contributed by atoms with E-state index in [1.807, 2.05) is 51.2 Å². The van der Waals surface area contributed by atoms with E-state index in [-0.39, 0.29) is 11.9 Å². The molecule has 1 fully saturated rings. The highest BCUT2D eigenvalue weighted by Crippen LogP contribution is 2.34. The molecule has 0 unspecified atom stereocenters. The first-order valence-corrected chi connectivity index (χ1v) is 13.7. The minimum Gasteiger partial charge on any atom is -0.492 e.